The van der Waals surface area contributed by atoms with Crippen LogP contribution >= 0.6 is 0 Å². The van der Waals surface area contributed by atoms with E-state index in [1.54, 1.807) is 12.1 Å². The second-order valence-electron chi connectivity index (χ2n) is 2.74. The summed E-state index contributed by atoms with van der Waals surface area (Å²) in [5.74, 6) is 0.110. The maximum absolute atomic E-state index is 10.7. The SMILES string of the molecule is COC(=O)CNCC(O)c1ccco1. The molecule has 0 fully saturated rings. The highest BCUT2D eigenvalue weighted by atomic mass is 16.5. The van der Waals surface area contributed by atoms with Gasteiger partial charge in [-0.15, -0.1) is 0 Å². The zero-order chi connectivity index (χ0) is 10.4. The van der Waals surface area contributed by atoms with Crippen molar-refractivity contribution >= 4 is 5.97 Å². The molecule has 0 aliphatic rings. The molecule has 5 heteroatoms. The molecule has 14 heavy (non-hydrogen) atoms. The number of aliphatic hydroxyl groups is 1. The second-order valence-corrected chi connectivity index (χ2v) is 2.74. The van der Waals surface area contributed by atoms with Gasteiger partial charge >= 0.3 is 5.97 Å². The minimum Gasteiger partial charge on any atom is -0.468 e. The van der Waals surface area contributed by atoms with Gasteiger partial charge in [-0.25, -0.2) is 0 Å². The summed E-state index contributed by atoms with van der Waals surface area (Å²) in [6.45, 7) is 0.330. The minimum absolute atomic E-state index is 0.0776. The summed E-state index contributed by atoms with van der Waals surface area (Å²) in [5.41, 5.74) is 0. The predicted octanol–water partition coefficient (Wildman–Crippen LogP) is 0.0756. The standard InChI is InChI=1S/C9H13NO4/c1-13-9(12)6-10-5-7(11)8-3-2-4-14-8/h2-4,7,10-11H,5-6H2,1H3. The van der Waals surface area contributed by atoms with Gasteiger partial charge in [0.25, 0.3) is 0 Å². The first-order valence-electron chi connectivity index (χ1n) is 4.23. The fourth-order valence-corrected chi connectivity index (χ4v) is 0.965. The summed E-state index contributed by atoms with van der Waals surface area (Å²) in [6, 6.07) is 3.36. The summed E-state index contributed by atoms with van der Waals surface area (Å²) in [5, 5.41) is 12.2. The van der Waals surface area contributed by atoms with E-state index >= 15 is 0 Å². The largest absolute Gasteiger partial charge is 0.468 e. The van der Waals surface area contributed by atoms with Crippen LogP contribution in [0.5, 0.6) is 0 Å². The van der Waals surface area contributed by atoms with Crippen molar-refractivity contribution in [2.75, 3.05) is 20.2 Å². The van der Waals surface area contributed by atoms with Gasteiger partial charge in [-0.05, 0) is 12.1 Å². The molecule has 0 aromatic carbocycles. The van der Waals surface area contributed by atoms with Crippen molar-refractivity contribution < 1.29 is 19.1 Å². The number of methoxy groups -OCH3 is 1. The zero-order valence-corrected chi connectivity index (χ0v) is 7.90. The van der Waals surface area contributed by atoms with Crippen LogP contribution in [0.25, 0.3) is 0 Å². The van der Waals surface area contributed by atoms with Crippen LogP contribution < -0.4 is 5.32 Å². The number of nitrogens with one attached hydrogen (secondary N) is 1. The van der Waals surface area contributed by atoms with Crippen molar-refractivity contribution in [3.63, 3.8) is 0 Å². The summed E-state index contributed by atoms with van der Waals surface area (Å²) in [6.07, 6.45) is 0.744. The molecule has 0 amide bonds. The van der Waals surface area contributed by atoms with Crippen molar-refractivity contribution in [1.29, 1.82) is 0 Å². The molecule has 1 rings (SSSR count). The van der Waals surface area contributed by atoms with Crippen molar-refractivity contribution in [1.82, 2.24) is 5.32 Å². The van der Waals surface area contributed by atoms with Gasteiger partial charge < -0.3 is 19.6 Å². The van der Waals surface area contributed by atoms with E-state index in [1.807, 2.05) is 0 Å². The van der Waals surface area contributed by atoms with Crippen LogP contribution in [0.3, 0.4) is 0 Å². The van der Waals surface area contributed by atoms with Crippen molar-refractivity contribution in [2.24, 2.45) is 0 Å². The number of hydrogen-bond acceptors (Lipinski definition) is 5. The number of esters is 1. The van der Waals surface area contributed by atoms with Gasteiger partial charge in [-0.3, -0.25) is 4.79 Å². The number of carbonyl (C=O) groups is 1. The molecule has 0 aliphatic carbocycles. The van der Waals surface area contributed by atoms with Gasteiger partial charge in [-0.1, -0.05) is 0 Å². The van der Waals surface area contributed by atoms with E-state index in [9.17, 15) is 9.90 Å². The van der Waals surface area contributed by atoms with Gasteiger partial charge in [0.1, 0.15) is 11.9 Å². The van der Waals surface area contributed by atoms with Crippen LogP contribution in [0.4, 0.5) is 0 Å². The first-order chi connectivity index (χ1) is 6.74. The van der Waals surface area contributed by atoms with Crippen molar-refractivity contribution in [3.8, 4) is 0 Å². The molecule has 0 spiro atoms. The number of furan rings is 1. The van der Waals surface area contributed by atoms with Crippen molar-refractivity contribution in [2.45, 2.75) is 6.10 Å². The Hall–Kier alpha value is -1.33. The van der Waals surface area contributed by atoms with Crippen LogP contribution in [-0.4, -0.2) is 31.3 Å². The van der Waals surface area contributed by atoms with E-state index in [-0.39, 0.29) is 19.1 Å². The zero-order valence-electron chi connectivity index (χ0n) is 7.90. The van der Waals surface area contributed by atoms with Crippen LogP contribution in [0.2, 0.25) is 0 Å². The lowest BCUT2D eigenvalue weighted by Crippen LogP contribution is -2.28. The summed E-state index contributed by atoms with van der Waals surface area (Å²) in [7, 11) is 1.31. The van der Waals surface area contributed by atoms with E-state index in [2.05, 4.69) is 10.1 Å². The first kappa shape index (κ1) is 10.7. The molecule has 1 aromatic heterocycles. The maximum atomic E-state index is 10.7. The Morgan fingerprint density at radius 2 is 2.57 bits per heavy atom. The van der Waals surface area contributed by atoms with Gasteiger partial charge in [0.05, 0.1) is 19.9 Å². The van der Waals surface area contributed by atoms with Crippen LogP contribution in [0.1, 0.15) is 11.9 Å². The summed E-state index contributed by atoms with van der Waals surface area (Å²) >= 11 is 0. The quantitative estimate of drug-likeness (QED) is 0.657. The van der Waals surface area contributed by atoms with E-state index in [1.165, 1.54) is 13.4 Å². The van der Waals surface area contributed by atoms with E-state index in [0.29, 0.717) is 5.76 Å². The van der Waals surface area contributed by atoms with Gasteiger partial charge in [0.2, 0.25) is 0 Å². The molecule has 0 radical (unpaired) electrons. The molecule has 78 valence electrons. The highest BCUT2D eigenvalue weighted by Crippen LogP contribution is 2.11. The Labute approximate surface area is 81.7 Å². The Balaban J connectivity index is 2.22. The third-order valence-corrected chi connectivity index (χ3v) is 1.71. The molecular weight excluding hydrogens is 186 g/mol. The number of aliphatic hydroxyl groups excluding tert-OH is 1. The average molecular weight is 199 g/mol. The molecule has 1 aromatic rings. The lowest BCUT2D eigenvalue weighted by atomic mass is 10.3. The lowest BCUT2D eigenvalue weighted by molar-refractivity contribution is -0.139. The highest BCUT2D eigenvalue weighted by Gasteiger charge is 2.10. The topological polar surface area (TPSA) is 71.7 Å². The molecular formula is C9H13NO4. The van der Waals surface area contributed by atoms with Crippen molar-refractivity contribution in [3.05, 3.63) is 24.2 Å². The number of hydrogen-bond donors (Lipinski definition) is 2. The van der Waals surface area contributed by atoms with Crippen LogP contribution in [-0.2, 0) is 9.53 Å². The van der Waals surface area contributed by atoms with Crippen LogP contribution in [0.15, 0.2) is 22.8 Å². The van der Waals surface area contributed by atoms with Gasteiger partial charge in [0, 0.05) is 6.54 Å². The number of rotatable bonds is 5. The van der Waals surface area contributed by atoms with Gasteiger partial charge in [0.15, 0.2) is 0 Å². The minimum atomic E-state index is -0.741. The van der Waals surface area contributed by atoms with Crippen LogP contribution in [0, 0.1) is 0 Å². The smallest absolute Gasteiger partial charge is 0.319 e. The first-order valence-corrected chi connectivity index (χ1v) is 4.23. The highest BCUT2D eigenvalue weighted by molar-refractivity contribution is 5.71. The summed E-state index contributed by atoms with van der Waals surface area (Å²) in [4.78, 5) is 10.7. The lowest BCUT2D eigenvalue weighted by Gasteiger charge is -2.07. The third kappa shape index (κ3) is 3.20. The molecule has 1 atom stereocenters. The maximum Gasteiger partial charge on any atom is 0.319 e. The second kappa shape index (κ2) is 5.41. The average Bonchev–Trinajstić information content (AvgIpc) is 2.70. The predicted molar refractivity (Wildman–Crippen MR) is 48.6 cm³/mol. The monoisotopic (exact) mass is 199 g/mol. The Morgan fingerprint density at radius 3 is 3.14 bits per heavy atom. The fourth-order valence-electron chi connectivity index (χ4n) is 0.965. The Bertz CT molecular complexity index is 270. The van der Waals surface area contributed by atoms with E-state index in [4.69, 9.17) is 4.42 Å². The summed E-state index contributed by atoms with van der Waals surface area (Å²) < 4.78 is 9.39. The molecule has 0 saturated carbocycles. The van der Waals surface area contributed by atoms with Gasteiger partial charge in [-0.2, -0.15) is 0 Å². The molecule has 0 bridgehead atoms. The Kier molecular flexibility index (Phi) is 4.15. The third-order valence-electron chi connectivity index (χ3n) is 1.71. The molecule has 1 heterocycles. The van der Waals surface area contributed by atoms with E-state index < -0.39 is 6.10 Å². The molecule has 0 aliphatic heterocycles. The number of carbonyl (C=O) groups excluding carboxylic acids is 1. The molecule has 1 unspecified atom stereocenters. The molecule has 2 N–H and O–H groups in total. The molecule has 5 nitrogen and oxygen atoms in total. The van der Waals surface area contributed by atoms with E-state index in [0.717, 1.165) is 0 Å². The molecule has 0 saturated heterocycles. The Morgan fingerprint density at radius 1 is 1.79 bits per heavy atom. The normalized spacial score (nSPS) is 12.4. The number of ether oxygens (including phenoxy) is 1. The fraction of sp³-hybridized carbons (Fsp3) is 0.444.